The lowest BCUT2D eigenvalue weighted by Gasteiger charge is -2.13. The standard InChI is InChI=1S/C14H14Cl2S/c1-8-7-9(2)17-14(8)13(16)11-5-4-6-12(15)10(11)3/h4-7,13H,1-3H3. The maximum absolute atomic E-state index is 6.58. The van der Waals surface area contributed by atoms with E-state index in [1.54, 1.807) is 11.3 Å². The zero-order valence-electron chi connectivity index (χ0n) is 10.1. The van der Waals surface area contributed by atoms with Gasteiger partial charge in [-0.3, -0.25) is 0 Å². The topological polar surface area (TPSA) is 0 Å². The molecule has 1 unspecified atom stereocenters. The average molecular weight is 285 g/mol. The zero-order chi connectivity index (χ0) is 12.6. The zero-order valence-corrected chi connectivity index (χ0v) is 12.4. The van der Waals surface area contributed by atoms with E-state index in [2.05, 4.69) is 19.9 Å². The van der Waals surface area contributed by atoms with Crippen LogP contribution in [0.1, 0.15) is 31.8 Å². The van der Waals surface area contributed by atoms with Gasteiger partial charge in [0.2, 0.25) is 0 Å². The Morgan fingerprint density at radius 1 is 1.18 bits per heavy atom. The minimum atomic E-state index is -0.104. The van der Waals surface area contributed by atoms with Gasteiger partial charge in [0.15, 0.2) is 0 Å². The maximum Gasteiger partial charge on any atom is 0.0933 e. The molecule has 0 bridgehead atoms. The fourth-order valence-corrected chi connectivity index (χ4v) is 3.71. The van der Waals surface area contributed by atoms with Crippen LogP contribution in [0.4, 0.5) is 0 Å². The van der Waals surface area contributed by atoms with Crippen molar-refractivity contribution in [1.82, 2.24) is 0 Å². The first-order valence-corrected chi connectivity index (χ1v) is 7.10. The summed E-state index contributed by atoms with van der Waals surface area (Å²) in [6, 6.07) is 8.08. The largest absolute Gasteiger partial charge is 0.143 e. The minimum absolute atomic E-state index is 0.104. The number of aryl methyl sites for hydroxylation is 2. The first-order chi connectivity index (χ1) is 8.00. The number of rotatable bonds is 2. The predicted molar refractivity (Wildman–Crippen MR) is 77.7 cm³/mol. The van der Waals surface area contributed by atoms with Crippen molar-refractivity contribution in [3.05, 3.63) is 55.7 Å². The predicted octanol–water partition coefficient (Wildman–Crippen LogP) is 5.65. The van der Waals surface area contributed by atoms with Gasteiger partial charge in [-0.15, -0.1) is 22.9 Å². The molecule has 0 radical (unpaired) electrons. The number of benzene rings is 1. The molecular formula is C14H14Cl2S. The molecule has 3 heteroatoms. The highest BCUT2D eigenvalue weighted by molar-refractivity contribution is 7.12. The molecule has 2 rings (SSSR count). The van der Waals surface area contributed by atoms with Crippen LogP contribution in [0.25, 0.3) is 0 Å². The van der Waals surface area contributed by atoms with Crippen molar-refractivity contribution in [2.45, 2.75) is 26.1 Å². The van der Waals surface area contributed by atoms with Gasteiger partial charge in [0.25, 0.3) is 0 Å². The third-order valence-corrected chi connectivity index (χ3v) is 5.10. The third-order valence-electron chi connectivity index (χ3n) is 2.89. The van der Waals surface area contributed by atoms with Crippen LogP contribution in [0, 0.1) is 20.8 Å². The van der Waals surface area contributed by atoms with Crippen LogP contribution in [-0.4, -0.2) is 0 Å². The Morgan fingerprint density at radius 3 is 2.47 bits per heavy atom. The van der Waals surface area contributed by atoms with Crippen molar-refractivity contribution in [1.29, 1.82) is 0 Å². The van der Waals surface area contributed by atoms with E-state index < -0.39 is 0 Å². The van der Waals surface area contributed by atoms with Crippen LogP contribution in [0.2, 0.25) is 5.02 Å². The van der Waals surface area contributed by atoms with Gasteiger partial charge in [-0.25, -0.2) is 0 Å². The molecule has 0 N–H and O–H groups in total. The van der Waals surface area contributed by atoms with Crippen molar-refractivity contribution in [2.24, 2.45) is 0 Å². The number of thiophene rings is 1. The molecular weight excluding hydrogens is 271 g/mol. The van der Waals surface area contributed by atoms with Crippen LogP contribution >= 0.6 is 34.5 Å². The van der Waals surface area contributed by atoms with Gasteiger partial charge < -0.3 is 0 Å². The normalized spacial score (nSPS) is 12.8. The van der Waals surface area contributed by atoms with E-state index in [9.17, 15) is 0 Å². The molecule has 0 spiro atoms. The summed E-state index contributed by atoms with van der Waals surface area (Å²) >= 11 is 14.5. The second kappa shape index (κ2) is 5.01. The molecule has 1 aromatic carbocycles. The molecule has 1 heterocycles. The van der Waals surface area contributed by atoms with Crippen molar-refractivity contribution < 1.29 is 0 Å². The van der Waals surface area contributed by atoms with Crippen LogP contribution in [0.5, 0.6) is 0 Å². The number of halogens is 2. The van der Waals surface area contributed by atoms with Gasteiger partial charge in [0.1, 0.15) is 0 Å². The number of alkyl halides is 1. The summed E-state index contributed by atoms with van der Waals surface area (Å²) in [6.07, 6.45) is 0. The average Bonchev–Trinajstić information content (AvgIpc) is 2.61. The molecule has 0 saturated heterocycles. The maximum atomic E-state index is 6.58. The first-order valence-electron chi connectivity index (χ1n) is 5.46. The van der Waals surface area contributed by atoms with Gasteiger partial charge in [-0.1, -0.05) is 23.7 Å². The van der Waals surface area contributed by atoms with E-state index >= 15 is 0 Å². The van der Waals surface area contributed by atoms with Crippen molar-refractivity contribution in [2.75, 3.05) is 0 Å². The molecule has 0 fully saturated rings. The summed E-state index contributed by atoms with van der Waals surface area (Å²) in [6.45, 7) is 6.23. The summed E-state index contributed by atoms with van der Waals surface area (Å²) in [7, 11) is 0. The summed E-state index contributed by atoms with van der Waals surface area (Å²) < 4.78 is 0. The molecule has 0 aliphatic rings. The quantitative estimate of drug-likeness (QED) is 0.625. The molecule has 0 aliphatic heterocycles. The molecule has 1 aromatic heterocycles. The van der Waals surface area contributed by atoms with Crippen molar-refractivity contribution in [3.63, 3.8) is 0 Å². The summed E-state index contributed by atoms with van der Waals surface area (Å²) in [5, 5.41) is 0.673. The van der Waals surface area contributed by atoms with Crippen LogP contribution in [-0.2, 0) is 0 Å². The van der Waals surface area contributed by atoms with Crippen LogP contribution in [0.3, 0.4) is 0 Å². The Hall–Kier alpha value is -0.500. The van der Waals surface area contributed by atoms with Gasteiger partial charge in [-0.05, 0) is 49.6 Å². The second-order valence-corrected chi connectivity index (χ2v) is 6.35. The van der Waals surface area contributed by atoms with Gasteiger partial charge >= 0.3 is 0 Å². The molecule has 17 heavy (non-hydrogen) atoms. The molecule has 0 nitrogen and oxygen atoms in total. The van der Waals surface area contributed by atoms with E-state index in [1.165, 1.54) is 15.3 Å². The van der Waals surface area contributed by atoms with Gasteiger partial charge in [0.05, 0.1) is 5.38 Å². The minimum Gasteiger partial charge on any atom is -0.143 e. The number of hydrogen-bond donors (Lipinski definition) is 0. The lowest BCUT2D eigenvalue weighted by atomic mass is 10.0. The summed E-state index contributed by atoms with van der Waals surface area (Å²) in [5.74, 6) is 0. The lowest BCUT2D eigenvalue weighted by molar-refractivity contribution is 1.13. The smallest absolute Gasteiger partial charge is 0.0933 e. The SMILES string of the molecule is Cc1cc(C)c(C(Cl)c2cccc(Cl)c2C)s1. The molecule has 0 aliphatic carbocycles. The molecule has 2 aromatic rings. The fourth-order valence-electron chi connectivity index (χ4n) is 1.95. The van der Waals surface area contributed by atoms with E-state index in [4.69, 9.17) is 23.2 Å². The van der Waals surface area contributed by atoms with Crippen LogP contribution in [0.15, 0.2) is 24.3 Å². The highest BCUT2D eigenvalue weighted by atomic mass is 35.5. The van der Waals surface area contributed by atoms with Gasteiger partial charge in [-0.2, -0.15) is 0 Å². The lowest BCUT2D eigenvalue weighted by Crippen LogP contribution is -1.96. The Kier molecular flexibility index (Phi) is 3.82. The Bertz CT molecular complexity index is 543. The highest BCUT2D eigenvalue weighted by Gasteiger charge is 2.18. The molecule has 0 amide bonds. The van der Waals surface area contributed by atoms with E-state index in [1.807, 2.05) is 25.1 Å². The second-order valence-electron chi connectivity index (χ2n) is 4.22. The first kappa shape index (κ1) is 12.9. The molecule has 1 atom stereocenters. The highest BCUT2D eigenvalue weighted by Crippen LogP contribution is 2.38. The third kappa shape index (κ3) is 2.52. The van der Waals surface area contributed by atoms with Crippen molar-refractivity contribution in [3.8, 4) is 0 Å². The summed E-state index contributed by atoms with van der Waals surface area (Å²) in [5.41, 5.74) is 3.43. The van der Waals surface area contributed by atoms with E-state index in [0.29, 0.717) is 0 Å². The molecule has 90 valence electrons. The monoisotopic (exact) mass is 284 g/mol. The van der Waals surface area contributed by atoms with Gasteiger partial charge in [0, 0.05) is 14.8 Å². The van der Waals surface area contributed by atoms with E-state index in [0.717, 1.165) is 16.1 Å². The number of hydrogen-bond acceptors (Lipinski definition) is 1. The Balaban J connectivity index is 2.47. The fraction of sp³-hybridized carbons (Fsp3) is 0.286. The molecule has 0 saturated carbocycles. The van der Waals surface area contributed by atoms with E-state index in [-0.39, 0.29) is 5.38 Å². The Morgan fingerprint density at radius 2 is 1.88 bits per heavy atom. The Labute approximate surface area is 116 Å². The summed E-state index contributed by atoms with van der Waals surface area (Å²) in [4.78, 5) is 2.51. The van der Waals surface area contributed by atoms with Crippen molar-refractivity contribution >= 4 is 34.5 Å². The van der Waals surface area contributed by atoms with Crippen LogP contribution < -0.4 is 0 Å².